The van der Waals surface area contributed by atoms with Crippen molar-refractivity contribution in [1.82, 2.24) is 4.98 Å². The molecule has 0 bridgehead atoms. The van der Waals surface area contributed by atoms with E-state index in [-0.39, 0.29) is 6.04 Å². The zero-order valence-electron chi connectivity index (χ0n) is 10.6. The third kappa shape index (κ3) is 3.28. The maximum Gasteiger partial charge on any atom is 0.117 e. The fourth-order valence-electron chi connectivity index (χ4n) is 2.35. The van der Waals surface area contributed by atoms with Gasteiger partial charge in [0, 0.05) is 17.0 Å². The minimum absolute atomic E-state index is 0.107. The summed E-state index contributed by atoms with van der Waals surface area (Å²) in [6.45, 7) is 4.15. The SMILES string of the molecule is Cc1cnc(C(C)N=C(N)C2CCCCC2)s1. The molecular formula is C13H21N3S. The van der Waals surface area contributed by atoms with Crippen LogP contribution in [0.4, 0.5) is 0 Å². The fourth-order valence-corrected chi connectivity index (χ4v) is 3.11. The molecule has 1 aromatic rings. The van der Waals surface area contributed by atoms with E-state index in [4.69, 9.17) is 5.73 Å². The Balaban J connectivity index is 2.02. The highest BCUT2D eigenvalue weighted by Crippen LogP contribution is 2.26. The Labute approximate surface area is 107 Å². The van der Waals surface area contributed by atoms with E-state index in [0.29, 0.717) is 5.92 Å². The van der Waals surface area contributed by atoms with Crippen molar-refractivity contribution in [3.05, 3.63) is 16.1 Å². The van der Waals surface area contributed by atoms with Crippen molar-refractivity contribution in [2.75, 3.05) is 0 Å². The minimum atomic E-state index is 0.107. The van der Waals surface area contributed by atoms with Crippen molar-refractivity contribution in [3.63, 3.8) is 0 Å². The number of nitrogens with two attached hydrogens (primary N) is 1. The van der Waals surface area contributed by atoms with Gasteiger partial charge in [-0.25, -0.2) is 4.98 Å². The molecule has 0 amide bonds. The molecule has 1 saturated carbocycles. The number of amidine groups is 1. The number of thiazole rings is 1. The molecule has 0 saturated heterocycles. The van der Waals surface area contributed by atoms with E-state index in [1.54, 1.807) is 11.3 Å². The molecule has 2 rings (SSSR count). The molecule has 4 heteroatoms. The van der Waals surface area contributed by atoms with E-state index in [1.807, 2.05) is 6.20 Å². The van der Waals surface area contributed by atoms with E-state index in [0.717, 1.165) is 10.8 Å². The Hall–Kier alpha value is -0.900. The predicted molar refractivity (Wildman–Crippen MR) is 73.5 cm³/mol. The Morgan fingerprint density at radius 1 is 1.47 bits per heavy atom. The second-order valence-electron chi connectivity index (χ2n) is 4.87. The summed E-state index contributed by atoms with van der Waals surface area (Å²) in [6, 6.07) is 0.107. The van der Waals surface area contributed by atoms with Crippen molar-refractivity contribution in [1.29, 1.82) is 0 Å². The highest BCUT2D eigenvalue weighted by atomic mass is 32.1. The van der Waals surface area contributed by atoms with Crippen molar-refractivity contribution < 1.29 is 0 Å². The van der Waals surface area contributed by atoms with Crippen LogP contribution in [-0.2, 0) is 0 Å². The third-order valence-electron chi connectivity index (χ3n) is 3.36. The highest BCUT2D eigenvalue weighted by Gasteiger charge is 2.18. The first kappa shape index (κ1) is 12.6. The molecule has 1 atom stereocenters. The summed E-state index contributed by atoms with van der Waals surface area (Å²) in [6.07, 6.45) is 8.27. The Morgan fingerprint density at radius 3 is 2.76 bits per heavy atom. The predicted octanol–water partition coefficient (Wildman–Crippen LogP) is 3.45. The normalized spacial score (nSPS) is 20.5. The second kappa shape index (κ2) is 5.63. The van der Waals surface area contributed by atoms with Crippen LogP contribution in [0.2, 0.25) is 0 Å². The molecular weight excluding hydrogens is 230 g/mol. The van der Waals surface area contributed by atoms with Crippen LogP contribution in [0.15, 0.2) is 11.2 Å². The van der Waals surface area contributed by atoms with E-state index < -0.39 is 0 Å². The summed E-state index contributed by atoms with van der Waals surface area (Å²) in [7, 11) is 0. The lowest BCUT2D eigenvalue weighted by molar-refractivity contribution is 0.435. The van der Waals surface area contributed by atoms with Gasteiger partial charge in [-0.3, -0.25) is 4.99 Å². The van der Waals surface area contributed by atoms with Crippen LogP contribution < -0.4 is 5.73 Å². The molecule has 1 aliphatic carbocycles. The van der Waals surface area contributed by atoms with Crippen molar-refractivity contribution in [3.8, 4) is 0 Å². The van der Waals surface area contributed by atoms with E-state index in [9.17, 15) is 0 Å². The number of aryl methyl sites for hydroxylation is 1. The topological polar surface area (TPSA) is 51.3 Å². The van der Waals surface area contributed by atoms with Gasteiger partial charge >= 0.3 is 0 Å². The van der Waals surface area contributed by atoms with Gasteiger partial charge in [-0.2, -0.15) is 0 Å². The van der Waals surface area contributed by atoms with E-state index in [2.05, 4.69) is 23.8 Å². The van der Waals surface area contributed by atoms with Crippen LogP contribution in [0, 0.1) is 12.8 Å². The maximum atomic E-state index is 6.12. The second-order valence-corrected chi connectivity index (χ2v) is 6.14. The molecule has 0 aromatic carbocycles. The quantitative estimate of drug-likeness (QED) is 0.660. The molecule has 1 aromatic heterocycles. The van der Waals surface area contributed by atoms with Gasteiger partial charge in [0.25, 0.3) is 0 Å². The molecule has 3 nitrogen and oxygen atoms in total. The number of hydrogen-bond donors (Lipinski definition) is 1. The first-order valence-electron chi connectivity index (χ1n) is 6.42. The molecule has 1 unspecified atom stereocenters. The smallest absolute Gasteiger partial charge is 0.117 e. The molecule has 0 radical (unpaired) electrons. The number of aliphatic imine (C=N–C) groups is 1. The van der Waals surface area contributed by atoms with Crippen LogP contribution in [0.25, 0.3) is 0 Å². The number of rotatable bonds is 3. The zero-order valence-corrected chi connectivity index (χ0v) is 11.5. The Bertz CT molecular complexity index is 391. The Kier molecular flexibility index (Phi) is 4.15. The summed E-state index contributed by atoms with van der Waals surface area (Å²) in [5.41, 5.74) is 6.12. The summed E-state index contributed by atoms with van der Waals surface area (Å²) in [5, 5.41) is 1.07. The monoisotopic (exact) mass is 251 g/mol. The van der Waals surface area contributed by atoms with Crippen LogP contribution in [-0.4, -0.2) is 10.8 Å². The first-order chi connectivity index (χ1) is 8.16. The first-order valence-corrected chi connectivity index (χ1v) is 7.24. The van der Waals surface area contributed by atoms with Gasteiger partial charge in [0.1, 0.15) is 11.0 Å². The Morgan fingerprint density at radius 2 is 2.18 bits per heavy atom. The van der Waals surface area contributed by atoms with Gasteiger partial charge < -0.3 is 5.73 Å². The summed E-state index contributed by atoms with van der Waals surface area (Å²) >= 11 is 1.71. The molecule has 94 valence electrons. The molecule has 0 aliphatic heterocycles. The largest absolute Gasteiger partial charge is 0.387 e. The van der Waals surface area contributed by atoms with Gasteiger partial charge in [0.05, 0.1) is 5.84 Å². The number of hydrogen-bond acceptors (Lipinski definition) is 3. The molecule has 1 fully saturated rings. The minimum Gasteiger partial charge on any atom is -0.387 e. The summed E-state index contributed by atoms with van der Waals surface area (Å²) < 4.78 is 0. The van der Waals surface area contributed by atoms with Gasteiger partial charge in [-0.05, 0) is 26.7 Å². The van der Waals surface area contributed by atoms with Crippen LogP contribution in [0.1, 0.15) is 55.0 Å². The van der Waals surface area contributed by atoms with Crippen LogP contribution in [0.3, 0.4) is 0 Å². The lowest BCUT2D eigenvalue weighted by Crippen LogP contribution is -2.26. The summed E-state index contributed by atoms with van der Waals surface area (Å²) in [4.78, 5) is 10.2. The van der Waals surface area contributed by atoms with Crippen molar-refractivity contribution in [2.45, 2.75) is 52.0 Å². The standard InChI is InChI=1S/C13H21N3S/c1-9-8-15-13(17-9)10(2)16-12(14)11-6-4-3-5-7-11/h8,10-11H,3-7H2,1-2H3,(H2,14,16). The van der Waals surface area contributed by atoms with Gasteiger partial charge in [-0.15, -0.1) is 11.3 Å². The molecule has 17 heavy (non-hydrogen) atoms. The van der Waals surface area contributed by atoms with Crippen LogP contribution in [0.5, 0.6) is 0 Å². The van der Waals surface area contributed by atoms with Crippen molar-refractivity contribution in [2.24, 2.45) is 16.6 Å². The zero-order chi connectivity index (χ0) is 12.3. The third-order valence-corrected chi connectivity index (χ3v) is 4.45. The number of nitrogens with zero attached hydrogens (tertiary/aromatic N) is 2. The van der Waals surface area contributed by atoms with Gasteiger partial charge in [-0.1, -0.05) is 19.3 Å². The summed E-state index contributed by atoms with van der Waals surface area (Å²) in [5.74, 6) is 1.34. The van der Waals surface area contributed by atoms with Crippen molar-refractivity contribution >= 4 is 17.2 Å². The fraction of sp³-hybridized carbons (Fsp3) is 0.692. The average Bonchev–Trinajstić information content (AvgIpc) is 2.77. The van der Waals surface area contributed by atoms with Gasteiger partial charge in [0.15, 0.2) is 0 Å². The van der Waals surface area contributed by atoms with Crippen LogP contribution >= 0.6 is 11.3 Å². The van der Waals surface area contributed by atoms with Gasteiger partial charge in [0.2, 0.25) is 0 Å². The molecule has 2 N–H and O–H groups in total. The average molecular weight is 251 g/mol. The lowest BCUT2D eigenvalue weighted by Gasteiger charge is -2.21. The lowest BCUT2D eigenvalue weighted by atomic mass is 9.88. The maximum absolute atomic E-state index is 6.12. The molecule has 1 aliphatic rings. The van der Waals surface area contributed by atoms with E-state index in [1.165, 1.54) is 37.0 Å². The van der Waals surface area contributed by atoms with E-state index >= 15 is 0 Å². The molecule has 1 heterocycles. The highest BCUT2D eigenvalue weighted by molar-refractivity contribution is 7.11. The molecule has 0 spiro atoms. The number of aromatic nitrogens is 1.